The van der Waals surface area contributed by atoms with Crippen LogP contribution in [-0.2, 0) is 4.74 Å². The highest BCUT2D eigenvalue weighted by molar-refractivity contribution is 5.97. The number of hydrogen-bond acceptors (Lipinski definition) is 5. The number of carbonyl (C=O) groups excluding carboxylic acids is 1. The maximum absolute atomic E-state index is 11.6. The molecule has 1 amide bonds. The van der Waals surface area contributed by atoms with E-state index in [1.54, 1.807) is 32.9 Å². The van der Waals surface area contributed by atoms with Crippen LogP contribution in [0.25, 0.3) is 0 Å². The van der Waals surface area contributed by atoms with Crippen molar-refractivity contribution in [3.05, 3.63) is 12.1 Å². The molecular weight excluding hydrogens is 220 g/mol. The average Bonchev–Trinajstić information content (AvgIpc) is 2.16. The summed E-state index contributed by atoms with van der Waals surface area (Å²) < 4.78 is 5.09. The third kappa shape index (κ3) is 3.44. The number of carbonyl (C=O) groups is 1. The van der Waals surface area contributed by atoms with Gasteiger partial charge < -0.3 is 21.9 Å². The molecule has 0 atom stereocenters. The van der Waals surface area contributed by atoms with Crippen molar-refractivity contribution in [2.75, 3.05) is 22.5 Å². The monoisotopic (exact) mass is 238 g/mol. The maximum Gasteiger partial charge on any atom is 0.412 e. The van der Waals surface area contributed by atoms with Crippen LogP contribution >= 0.6 is 0 Å². The summed E-state index contributed by atoms with van der Waals surface area (Å²) in [7, 11) is 0. The fraction of sp³-hybridized carbons (Fsp3) is 0.364. The van der Waals surface area contributed by atoms with E-state index >= 15 is 0 Å². The average molecular weight is 238 g/mol. The Kier molecular flexibility index (Phi) is 3.36. The number of rotatable bonds is 1. The molecule has 1 aromatic rings. The molecule has 0 bridgehead atoms. The van der Waals surface area contributed by atoms with Crippen molar-refractivity contribution in [1.82, 2.24) is 0 Å². The Morgan fingerprint density at radius 1 is 1.18 bits per heavy atom. The SMILES string of the molecule is CC(C)(C)OC(=O)Nc1c(N)ccc(N)c1N. The van der Waals surface area contributed by atoms with Gasteiger partial charge in [0.1, 0.15) is 5.60 Å². The highest BCUT2D eigenvalue weighted by atomic mass is 16.6. The zero-order valence-corrected chi connectivity index (χ0v) is 10.2. The van der Waals surface area contributed by atoms with E-state index in [1.807, 2.05) is 0 Å². The fourth-order valence-corrected chi connectivity index (χ4v) is 1.20. The van der Waals surface area contributed by atoms with Crippen LogP contribution in [0.3, 0.4) is 0 Å². The summed E-state index contributed by atoms with van der Waals surface area (Å²) in [6.07, 6.45) is -0.624. The van der Waals surface area contributed by atoms with E-state index in [4.69, 9.17) is 21.9 Å². The normalized spacial score (nSPS) is 11.0. The van der Waals surface area contributed by atoms with Gasteiger partial charge in [0.15, 0.2) is 0 Å². The molecule has 0 radical (unpaired) electrons. The molecule has 17 heavy (non-hydrogen) atoms. The molecule has 0 spiro atoms. The van der Waals surface area contributed by atoms with Gasteiger partial charge in [-0.2, -0.15) is 0 Å². The van der Waals surface area contributed by atoms with Gasteiger partial charge >= 0.3 is 6.09 Å². The van der Waals surface area contributed by atoms with Gasteiger partial charge in [-0.1, -0.05) is 0 Å². The molecule has 0 saturated heterocycles. The van der Waals surface area contributed by atoms with Crippen LogP contribution in [-0.4, -0.2) is 11.7 Å². The summed E-state index contributed by atoms with van der Waals surface area (Å²) in [5.74, 6) is 0. The lowest BCUT2D eigenvalue weighted by molar-refractivity contribution is 0.0636. The number of benzene rings is 1. The summed E-state index contributed by atoms with van der Waals surface area (Å²) in [5, 5.41) is 2.48. The quantitative estimate of drug-likeness (QED) is 0.556. The van der Waals surface area contributed by atoms with Gasteiger partial charge in [-0.3, -0.25) is 5.32 Å². The largest absolute Gasteiger partial charge is 0.444 e. The Bertz CT molecular complexity index is 438. The standard InChI is InChI=1S/C11H18N4O2/c1-11(2,3)17-10(16)15-9-7(13)5-4-6(12)8(9)14/h4-5H,12-14H2,1-3H3,(H,15,16). The number of hydrogen-bond donors (Lipinski definition) is 4. The van der Waals surface area contributed by atoms with Gasteiger partial charge in [0.2, 0.25) is 0 Å². The van der Waals surface area contributed by atoms with Crippen LogP contribution in [0.5, 0.6) is 0 Å². The second kappa shape index (κ2) is 4.40. The molecule has 0 heterocycles. The first kappa shape index (κ1) is 13.0. The number of ether oxygens (including phenoxy) is 1. The first-order chi connectivity index (χ1) is 7.70. The first-order valence-electron chi connectivity index (χ1n) is 5.14. The molecule has 1 rings (SSSR count). The predicted molar refractivity (Wildman–Crippen MR) is 69.5 cm³/mol. The van der Waals surface area contributed by atoms with Gasteiger partial charge in [-0.05, 0) is 32.9 Å². The molecule has 0 unspecified atom stereocenters. The number of nitrogen functional groups attached to an aromatic ring is 3. The summed E-state index contributed by atoms with van der Waals surface area (Å²) in [4.78, 5) is 11.6. The van der Waals surface area contributed by atoms with Crippen LogP contribution in [0.15, 0.2) is 12.1 Å². The van der Waals surface area contributed by atoms with E-state index in [9.17, 15) is 4.79 Å². The molecule has 0 saturated carbocycles. The third-order valence-electron chi connectivity index (χ3n) is 1.94. The van der Waals surface area contributed by atoms with Crippen molar-refractivity contribution in [1.29, 1.82) is 0 Å². The minimum Gasteiger partial charge on any atom is -0.444 e. The fourth-order valence-electron chi connectivity index (χ4n) is 1.20. The molecule has 6 heteroatoms. The molecule has 1 aromatic carbocycles. The third-order valence-corrected chi connectivity index (χ3v) is 1.94. The molecule has 0 aromatic heterocycles. The lowest BCUT2D eigenvalue weighted by atomic mass is 10.2. The van der Waals surface area contributed by atoms with E-state index in [0.29, 0.717) is 11.4 Å². The number of amides is 1. The predicted octanol–water partition coefficient (Wildman–Crippen LogP) is 1.78. The number of nitrogens with one attached hydrogen (secondary N) is 1. The van der Waals surface area contributed by atoms with Gasteiger partial charge in [-0.15, -0.1) is 0 Å². The van der Waals surface area contributed by atoms with Crippen molar-refractivity contribution in [2.45, 2.75) is 26.4 Å². The first-order valence-corrected chi connectivity index (χ1v) is 5.14. The van der Waals surface area contributed by atoms with Crippen LogP contribution in [0, 0.1) is 0 Å². The van der Waals surface area contributed by atoms with Crippen molar-refractivity contribution >= 4 is 28.8 Å². The lowest BCUT2D eigenvalue weighted by Crippen LogP contribution is -2.27. The molecule has 0 aliphatic carbocycles. The molecule has 0 aliphatic heterocycles. The Balaban J connectivity index is 2.89. The topological polar surface area (TPSA) is 116 Å². The summed E-state index contributed by atoms with van der Waals surface area (Å²) in [5.41, 5.74) is 17.6. The highest BCUT2D eigenvalue weighted by Gasteiger charge is 2.18. The van der Waals surface area contributed by atoms with E-state index in [0.717, 1.165) is 0 Å². The van der Waals surface area contributed by atoms with Crippen LogP contribution in [0.2, 0.25) is 0 Å². The number of nitrogens with two attached hydrogens (primary N) is 3. The van der Waals surface area contributed by atoms with Gasteiger partial charge in [0.25, 0.3) is 0 Å². The summed E-state index contributed by atoms with van der Waals surface area (Å²) in [6.45, 7) is 5.29. The van der Waals surface area contributed by atoms with E-state index in [1.165, 1.54) is 0 Å². The van der Waals surface area contributed by atoms with Crippen LogP contribution in [0.4, 0.5) is 27.5 Å². The van der Waals surface area contributed by atoms with E-state index in [2.05, 4.69) is 5.32 Å². The second-order valence-corrected chi connectivity index (χ2v) is 4.66. The van der Waals surface area contributed by atoms with Crippen molar-refractivity contribution in [3.8, 4) is 0 Å². The molecule has 0 aliphatic rings. The number of anilines is 4. The summed E-state index contributed by atoms with van der Waals surface area (Å²) in [6, 6.07) is 3.14. The zero-order chi connectivity index (χ0) is 13.2. The minimum atomic E-state index is -0.624. The maximum atomic E-state index is 11.6. The van der Waals surface area contributed by atoms with Crippen molar-refractivity contribution < 1.29 is 9.53 Å². The minimum absolute atomic E-state index is 0.232. The van der Waals surface area contributed by atoms with Gasteiger partial charge in [0.05, 0.1) is 22.7 Å². The van der Waals surface area contributed by atoms with E-state index in [-0.39, 0.29) is 11.4 Å². The van der Waals surface area contributed by atoms with Crippen molar-refractivity contribution in [2.24, 2.45) is 0 Å². The molecule has 7 N–H and O–H groups in total. The molecule has 94 valence electrons. The van der Waals surface area contributed by atoms with Crippen molar-refractivity contribution in [3.63, 3.8) is 0 Å². The summed E-state index contributed by atoms with van der Waals surface area (Å²) >= 11 is 0. The Labute approximate surface area is 100 Å². The second-order valence-electron chi connectivity index (χ2n) is 4.66. The Morgan fingerprint density at radius 2 is 1.71 bits per heavy atom. The smallest absolute Gasteiger partial charge is 0.412 e. The molecule has 0 fully saturated rings. The van der Waals surface area contributed by atoms with Crippen LogP contribution in [0.1, 0.15) is 20.8 Å². The Morgan fingerprint density at radius 3 is 2.24 bits per heavy atom. The van der Waals surface area contributed by atoms with Gasteiger partial charge in [0, 0.05) is 0 Å². The van der Waals surface area contributed by atoms with E-state index < -0.39 is 11.7 Å². The molecular formula is C11H18N4O2. The molecule has 6 nitrogen and oxygen atoms in total. The van der Waals surface area contributed by atoms with Gasteiger partial charge in [-0.25, -0.2) is 4.79 Å². The zero-order valence-electron chi connectivity index (χ0n) is 10.2. The van der Waals surface area contributed by atoms with Crippen LogP contribution < -0.4 is 22.5 Å². The Hall–Kier alpha value is -2.11. The highest BCUT2D eigenvalue weighted by Crippen LogP contribution is 2.31. The lowest BCUT2D eigenvalue weighted by Gasteiger charge is -2.20.